The van der Waals surface area contributed by atoms with Gasteiger partial charge in [-0.25, -0.2) is 0 Å². The molecule has 6 nitrogen and oxygen atoms in total. The van der Waals surface area contributed by atoms with Gasteiger partial charge in [-0.15, -0.1) is 0 Å². The van der Waals surface area contributed by atoms with Crippen LogP contribution in [0, 0.1) is 6.92 Å². The number of hydrogen-bond acceptors (Lipinski definition) is 6. The van der Waals surface area contributed by atoms with Crippen LogP contribution in [-0.4, -0.2) is 29.1 Å². The first-order valence-electron chi connectivity index (χ1n) is 7.31. The SMILES string of the molecule is Cc1oc2c(c1-c1nc(C3CCOC3)no1)C(=O)CCC2. The standard InChI is InChI=1S/C15H16N2O4/c1-8-12(13-10(18)3-2-4-11(13)20-8)15-16-14(17-21-15)9-5-6-19-7-9/h9H,2-7H2,1H3. The zero-order chi connectivity index (χ0) is 14.4. The van der Waals surface area contributed by atoms with Crippen molar-refractivity contribution in [3.05, 3.63) is 22.9 Å². The minimum atomic E-state index is 0.104. The molecule has 2 aromatic heterocycles. The molecule has 1 fully saturated rings. The van der Waals surface area contributed by atoms with Crippen molar-refractivity contribution in [3.63, 3.8) is 0 Å². The lowest BCUT2D eigenvalue weighted by Gasteiger charge is -2.08. The molecule has 3 heterocycles. The van der Waals surface area contributed by atoms with E-state index in [4.69, 9.17) is 13.7 Å². The number of carbonyl (C=O) groups is 1. The van der Waals surface area contributed by atoms with Gasteiger partial charge in [-0.1, -0.05) is 5.16 Å². The van der Waals surface area contributed by atoms with Crippen molar-refractivity contribution in [2.75, 3.05) is 13.2 Å². The number of aromatic nitrogens is 2. The Balaban J connectivity index is 1.76. The van der Waals surface area contributed by atoms with Crippen molar-refractivity contribution in [1.82, 2.24) is 10.1 Å². The molecule has 0 bridgehead atoms. The first-order chi connectivity index (χ1) is 10.2. The average molecular weight is 288 g/mol. The molecule has 1 saturated heterocycles. The van der Waals surface area contributed by atoms with Gasteiger partial charge < -0.3 is 13.7 Å². The lowest BCUT2D eigenvalue weighted by atomic mass is 9.93. The van der Waals surface area contributed by atoms with E-state index >= 15 is 0 Å². The van der Waals surface area contributed by atoms with Gasteiger partial charge >= 0.3 is 0 Å². The van der Waals surface area contributed by atoms with E-state index in [0.29, 0.717) is 41.6 Å². The second-order valence-electron chi connectivity index (χ2n) is 5.63. The highest BCUT2D eigenvalue weighted by Crippen LogP contribution is 2.36. The Morgan fingerprint density at radius 2 is 2.14 bits per heavy atom. The van der Waals surface area contributed by atoms with Crippen LogP contribution in [-0.2, 0) is 11.2 Å². The lowest BCUT2D eigenvalue weighted by molar-refractivity contribution is 0.0969. The largest absolute Gasteiger partial charge is 0.465 e. The van der Waals surface area contributed by atoms with Crippen LogP contribution in [0.5, 0.6) is 0 Å². The van der Waals surface area contributed by atoms with Gasteiger partial charge in [-0.05, 0) is 19.8 Å². The zero-order valence-electron chi connectivity index (χ0n) is 11.8. The van der Waals surface area contributed by atoms with Gasteiger partial charge in [-0.3, -0.25) is 4.79 Å². The maximum absolute atomic E-state index is 12.2. The fourth-order valence-corrected chi connectivity index (χ4v) is 3.11. The summed E-state index contributed by atoms with van der Waals surface area (Å²) in [6.45, 7) is 3.19. The van der Waals surface area contributed by atoms with Crippen LogP contribution in [0.3, 0.4) is 0 Å². The van der Waals surface area contributed by atoms with Gasteiger partial charge in [0.05, 0.1) is 17.7 Å². The topological polar surface area (TPSA) is 78.4 Å². The fraction of sp³-hybridized carbons (Fsp3) is 0.533. The maximum Gasteiger partial charge on any atom is 0.262 e. The third kappa shape index (κ3) is 2.01. The number of ether oxygens (including phenoxy) is 1. The molecule has 21 heavy (non-hydrogen) atoms. The number of nitrogens with zero attached hydrogens (tertiary/aromatic N) is 2. The zero-order valence-corrected chi connectivity index (χ0v) is 11.8. The number of Topliss-reactive ketones (excluding diaryl/α,β-unsaturated/α-hetero) is 1. The quantitative estimate of drug-likeness (QED) is 0.845. The highest BCUT2D eigenvalue weighted by molar-refractivity contribution is 6.03. The van der Waals surface area contributed by atoms with Gasteiger partial charge in [0, 0.05) is 25.4 Å². The van der Waals surface area contributed by atoms with Gasteiger partial charge in [0.2, 0.25) is 0 Å². The third-order valence-electron chi connectivity index (χ3n) is 4.19. The summed E-state index contributed by atoms with van der Waals surface area (Å²) in [5.74, 6) is 2.75. The summed E-state index contributed by atoms with van der Waals surface area (Å²) in [5.41, 5.74) is 1.31. The van der Waals surface area contributed by atoms with Crippen molar-refractivity contribution >= 4 is 5.78 Å². The average Bonchev–Trinajstić information content (AvgIpc) is 3.16. The molecule has 0 saturated carbocycles. The summed E-state index contributed by atoms with van der Waals surface area (Å²) < 4.78 is 16.5. The summed E-state index contributed by atoms with van der Waals surface area (Å²) in [6.07, 6.45) is 3.09. The Labute approximate surface area is 121 Å². The van der Waals surface area contributed by atoms with Crippen molar-refractivity contribution in [1.29, 1.82) is 0 Å². The summed E-state index contributed by atoms with van der Waals surface area (Å²) >= 11 is 0. The minimum absolute atomic E-state index is 0.104. The number of fused-ring (bicyclic) bond motifs is 1. The number of ketones is 1. The fourth-order valence-electron chi connectivity index (χ4n) is 3.11. The minimum Gasteiger partial charge on any atom is -0.465 e. The summed E-state index contributed by atoms with van der Waals surface area (Å²) in [4.78, 5) is 16.7. The Bertz CT molecular complexity index is 695. The predicted molar refractivity (Wildman–Crippen MR) is 72.2 cm³/mol. The molecule has 1 unspecified atom stereocenters. The molecule has 0 spiro atoms. The highest BCUT2D eigenvalue weighted by Gasteiger charge is 2.31. The van der Waals surface area contributed by atoms with E-state index in [1.165, 1.54) is 0 Å². The van der Waals surface area contributed by atoms with Gasteiger partial charge in [0.25, 0.3) is 5.89 Å². The molecule has 0 aromatic carbocycles. The van der Waals surface area contributed by atoms with Gasteiger partial charge in [0.15, 0.2) is 11.6 Å². The number of rotatable bonds is 2. The first kappa shape index (κ1) is 12.8. The highest BCUT2D eigenvalue weighted by atomic mass is 16.5. The van der Waals surface area contributed by atoms with E-state index in [-0.39, 0.29) is 11.7 Å². The first-order valence-corrected chi connectivity index (χ1v) is 7.31. The van der Waals surface area contributed by atoms with Crippen LogP contribution in [0.15, 0.2) is 8.94 Å². The normalized spacial score (nSPS) is 21.8. The van der Waals surface area contributed by atoms with E-state index in [0.717, 1.165) is 31.6 Å². The van der Waals surface area contributed by atoms with Gasteiger partial charge in [0.1, 0.15) is 11.5 Å². The Morgan fingerprint density at radius 1 is 1.24 bits per heavy atom. The lowest BCUT2D eigenvalue weighted by Crippen LogP contribution is -2.09. The number of hydrogen-bond donors (Lipinski definition) is 0. The summed E-state index contributed by atoms with van der Waals surface area (Å²) in [7, 11) is 0. The molecule has 0 radical (unpaired) electrons. The molecule has 0 N–H and O–H groups in total. The number of aryl methyl sites for hydroxylation is 2. The molecule has 2 aliphatic rings. The summed E-state index contributed by atoms with van der Waals surface area (Å²) in [6, 6.07) is 0. The molecule has 2 aromatic rings. The number of carbonyl (C=O) groups excluding carboxylic acids is 1. The Kier molecular flexibility index (Phi) is 2.92. The van der Waals surface area contributed by atoms with Crippen molar-refractivity contribution < 1.29 is 18.5 Å². The van der Waals surface area contributed by atoms with Crippen LogP contribution >= 0.6 is 0 Å². The van der Waals surface area contributed by atoms with Crippen molar-refractivity contribution in [3.8, 4) is 11.5 Å². The third-order valence-corrected chi connectivity index (χ3v) is 4.19. The molecular formula is C15H16N2O4. The van der Waals surface area contributed by atoms with Crippen LogP contribution < -0.4 is 0 Å². The van der Waals surface area contributed by atoms with Crippen molar-refractivity contribution in [2.24, 2.45) is 0 Å². The Morgan fingerprint density at radius 3 is 2.95 bits per heavy atom. The van der Waals surface area contributed by atoms with E-state index < -0.39 is 0 Å². The van der Waals surface area contributed by atoms with Crippen molar-refractivity contribution in [2.45, 2.75) is 38.5 Å². The van der Waals surface area contributed by atoms with E-state index in [1.807, 2.05) is 6.92 Å². The Hall–Kier alpha value is -1.95. The van der Waals surface area contributed by atoms with Crippen LogP contribution in [0.2, 0.25) is 0 Å². The molecule has 0 amide bonds. The molecular weight excluding hydrogens is 272 g/mol. The second kappa shape index (κ2) is 4.80. The maximum atomic E-state index is 12.2. The molecule has 1 aliphatic carbocycles. The molecule has 110 valence electrons. The van der Waals surface area contributed by atoms with E-state index in [9.17, 15) is 4.79 Å². The summed E-state index contributed by atoms with van der Waals surface area (Å²) in [5, 5.41) is 4.05. The molecule has 4 rings (SSSR count). The molecule has 1 aliphatic heterocycles. The second-order valence-corrected chi connectivity index (χ2v) is 5.63. The van der Waals surface area contributed by atoms with E-state index in [1.54, 1.807) is 0 Å². The van der Waals surface area contributed by atoms with Crippen LogP contribution in [0.1, 0.15) is 52.9 Å². The van der Waals surface area contributed by atoms with Crippen LogP contribution in [0.25, 0.3) is 11.5 Å². The van der Waals surface area contributed by atoms with Crippen LogP contribution in [0.4, 0.5) is 0 Å². The van der Waals surface area contributed by atoms with E-state index in [2.05, 4.69) is 10.1 Å². The number of furan rings is 1. The monoisotopic (exact) mass is 288 g/mol. The smallest absolute Gasteiger partial charge is 0.262 e. The molecule has 1 atom stereocenters. The molecule has 6 heteroatoms. The van der Waals surface area contributed by atoms with Gasteiger partial charge in [-0.2, -0.15) is 4.98 Å². The predicted octanol–water partition coefficient (Wildman–Crippen LogP) is 2.66.